The second kappa shape index (κ2) is 8.95. The Kier molecular flexibility index (Phi) is 7.05. The molecule has 1 aliphatic heterocycles. The van der Waals surface area contributed by atoms with Gasteiger partial charge in [0.25, 0.3) is 0 Å². The lowest BCUT2D eigenvalue weighted by atomic mass is 9.37. The minimum Gasteiger partial charge on any atom is -0.469 e. The van der Waals surface area contributed by atoms with Crippen LogP contribution < -0.4 is 0 Å². The molecule has 9 atom stereocenters. The minimum atomic E-state index is -0.805. The van der Waals surface area contributed by atoms with Gasteiger partial charge in [0.2, 0.25) is 0 Å². The number of hydrogen-bond donors (Lipinski definition) is 2. The van der Waals surface area contributed by atoms with Gasteiger partial charge in [0.05, 0.1) is 30.0 Å². The van der Waals surface area contributed by atoms with E-state index in [1.807, 2.05) is 27.7 Å². The fraction of sp³-hybridized carbons (Fsp3) is 0.968. The molecule has 36 heavy (non-hydrogen) atoms. The maximum Gasteiger partial charge on any atom is 0.305 e. The number of esters is 1. The fourth-order valence-corrected chi connectivity index (χ4v) is 10.5. The summed E-state index contributed by atoms with van der Waals surface area (Å²) in [5.74, 6) is 1.59. The molecule has 0 aromatic carbocycles. The van der Waals surface area contributed by atoms with Crippen LogP contribution in [0, 0.1) is 39.9 Å². The Morgan fingerprint density at radius 3 is 2.06 bits per heavy atom. The van der Waals surface area contributed by atoms with Gasteiger partial charge >= 0.3 is 5.97 Å². The van der Waals surface area contributed by atoms with Crippen LogP contribution in [-0.2, 0) is 14.3 Å². The van der Waals surface area contributed by atoms with Gasteiger partial charge in [-0.2, -0.15) is 0 Å². The Morgan fingerprint density at radius 1 is 0.861 bits per heavy atom. The molecule has 1 saturated heterocycles. The number of fused-ring (bicyclic) bond motifs is 3. The first-order valence-corrected chi connectivity index (χ1v) is 14.6. The molecule has 208 valence electrons. The Hall–Kier alpha value is -0.650. The predicted molar refractivity (Wildman–Crippen MR) is 142 cm³/mol. The Labute approximate surface area is 220 Å². The zero-order chi connectivity index (χ0) is 26.9. The van der Waals surface area contributed by atoms with E-state index in [1.165, 1.54) is 26.4 Å². The highest BCUT2D eigenvalue weighted by molar-refractivity contribution is 5.69. The molecule has 4 rings (SSSR count). The molecule has 2 N–H and O–H groups in total. The van der Waals surface area contributed by atoms with Crippen LogP contribution in [0.1, 0.15) is 120 Å². The van der Waals surface area contributed by atoms with E-state index in [2.05, 4.69) is 27.7 Å². The van der Waals surface area contributed by atoms with Crippen LogP contribution in [0.3, 0.4) is 0 Å². The fourth-order valence-electron chi connectivity index (χ4n) is 10.5. The molecule has 3 saturated carbocycles. The average molecular weight is 507 g/mol. The quantitative estimate of drug-likeness (QED) is 0.414. The van der Waals surface area contributed by atoms with Crippen molar-refractivity contribution >= 4 is 5.97 Å². The van der Waals surface area contributed by atoms with E-state index < -0.39 is 11.2 Å². The van der Waals surface area contributed by atoms with Gasteiger partial charge in [-0.15, -0.1) is 0 Å². The molecule has 4 aliphatic rings. The van der Waals surface area contributed by atoms with Gasteiger partial charge in [-0.3, -0.25) is 4.79 Å². The monoisotopic (exact) mass is 506 g/mol. The molecule has 0 amide bonds. The molecule has 5 nitrogen and oxygen atoms in total. The molecule has 1 heterocycles. The van der Waals surface area contributed by atoms with Crippen LogP contribution in [0.5, 0.6) is 0 Å². The van der Waals surface area contributed by atoms with Crippen molar-refractivity contribution in [1.29, 1.82) is 0 Å². The van der Waals surface area contributed by atoms with Crippen molar-refractivity contribution in [3.63, 3.8) is 0 Å². The Bertz CT molecular complexity index is 841. The van der Waals surface area contributed by atoms with Crippen LogP contribution in [0.15, 0.2) is 0 Å². The number of rotatable bonds is 6. The van der Waals surface area contributed by atoms with E-state index in [-0.39, 0.29) is 39.8 Å². The van der Waals surface area contributed by atoms with Crippen molar-refractivity contribution in [3.8, 4) is 0 Å². The number of hydrogen-bond acceptors (Lipinski definition) is 5. The van der Waals surface area contributed by atoms with E-state index >= 15 is 0 Å². The smallest absolute Gasteiger partial charge is 0.305 e. The average Bonchev–Trinajstić information content (AvgIpc) is 3.33. The van der Waals surface area contributed by atoms with Crippen molar-refractivity contribution in [2.24, 2.45) is 39.9 Å². The van der Waals surface area contributed by atoms with E-state index in [0.29, 0.717) is 24.2 Å². The van der Waals surface area contributed by atoms with Crippen LogP contribution in [0.2, 0.25) is 0 Å². The van der Waals surface area contributed by atoms with Crippen molar-refractivity contribution in [3.05, 3.63) is 0 Å². The second-order valence-corrected chi connectivity index (χ2v) is 15.2. The normalized spacial score (nSPS) is 47.4. The van der Waals surface area contributed by atoms with Crippen molar-refractivity contribution in [2.45, 2.75) is 143 Å². The summed E-state index contributed by atoms with van der Waals surface area (Å²) in [6.07, 6.45) is 9.89. The van der Waals surface area contributed by atoms with Crippen molar-refractivity contribution in [2.75, 3.05) is 7.11 Å². The highest BCUT2D eigenvalue weighted by atomic mass is 16.5. The molecule has 0 spiro atoms. The summed E-state index contributed by atoms with van der Waals surface area (Å²) < 4.78 is 11.7. The minimum absolute atomic E-state index is 0.0925. The van der Waals surface area contributed by atoms with Gasteiger partial charge in [-0.1, -0.05) is 20.8 Å². The van der Waals surface area contributed by atoms with Crippen LogP contribution in [0.4, 0.5) is 0 Å². The number of carbonyl (C=O) groups is 1. The molecule has 0 aromatic heterocycles. The summed E-state index contributed by atoms with van der Waals surface area (Å²) >= 11 is 0. The topological polar surface area (TPSA) is 76.0 Å². The number of carbonyl (C=O) groups excluding carboxylic acids is 1. The highest BCUT2D eigenvalue weighted by Crippen LogP contribution is 2.74. The van der Waals surface area contributed by atoms with Crippen LogP contribution >= 0.6 is 0 Å². The standard InChI is InChI=1S/C31H54O5/c1-26(2,33)22-13-18-30(7)23(28(22,5)16-15-25(32)35-9)11-10-20-21(12-17-29(20,30)6)31(8)19-14-24(36-31)27(3,4)34/h20-24,33-34H,10-19H2,1-9H3/t20-,21+,22+,23-,24-,28+,29-,30-,31+/m1/s1. The Morgan fingerprint density at radius 2 is 1.50 bits per heavy atom. The van der Waals surface area contributed by atoms with Crippen LogP contribution in [-0.4, -0.2) is 46.2 Å². The lowest BCUT2D eigenvalue weighted by Gasteiger charge is -2.67. The molecule has 0 unspecified atom stereocenters. The maximum atomic E-state index is 12.2. The number of methoxy groups -OCH3 is 1. The summed E-state index contributed by atoms with van der Waals surface area (Å²) in [4.78, 5) is 12.2. The number of ether oxygens (including phenoxy) is 2. The Balaban J connectivity index is 1.65. The molecule has 4 fully saturated rings. The third kappa shape index (κ3) is 4.28. The molecule has 3 aliphatic carbocycles. The van der Waals surface area contributed by atoms with Crippen molar-refractivity contribution in [1.82, 2.24) is 0 Å². The SMILES string of the molecule is COC(=O)CC[C@]1(C)[C@H]2CC[C@@H]3[C@@H]([C@]4(C)CC[C@H](C(C)(C)O)O4)CC[C@@]3(C)[C@]2(C)CC[C@H]1C(C)(C)O. The predicted octanol–water partition coefficient (Wildman–Crippen LogP) is 6.28. The van der Waals surface area contributed by atoms with Gasteiger partial charge in [0, 0.05) is 6.42 Å². The summed E-state index contributed by atoms with van der Waals surface area (Å²) in [7, 11) is 1.47. The zero-order valence-electron chi connectivity index (χ0n) is 24.6. The molecule has 0 bridgehead atoms. The highest BCUT2D eigenvalue weighted by Gasteiger charge is 2.69. The van der Waals surface area contributed by atoms with Gasteiger partial charge in [-0.25, -0.2) is 0 Å². The first-order chi connectivity index (χ1) is 16.4. The van der Waals surface area contributed by atoms with Crippen LogP contribution in [0.25, 0.3) is 0 Å². The molecule has 5 heteroatoms. The van der Waals surface area contributed by atoms with Gasteiger partial charge < -0.3 is 19.7 Å². The summed E-state index contributed by atoms with van der Waals surface area (Å²) in [5.41, 5.74) is -1.52. The van der Waals surface area contributed by atoms with E-state index in [0.717, 1.165) is 38.5 Å². The molecular weight excluding hydrogens is 452 g/mol. The lowest BCUT2D eigenvalue weighted by Crippen LogP contribution is -2.62. The zero-order valence-corrected chi connectivity index (χ0v) is 24.6. The third-order valence-corrected chi connectivity index (χ3v) is 12.5. The maximum absolute atomic E-state index is 12.2. The van der Waals surface area contributed by atoms with E-state index in [9.17, 15) is 15.0 Å². The summed E-state index contributed by atoms with van der Waals surface area (Å²) in [6, 6.07) is 0. The first kappa shape index (κ1) is 28.4. The summed E-state index contributed by atoms with van der Waals surface area (Å²) in [6.45, 7) is 17.5. The first-order valence-electron chi connectivity index (χ1n) is 14.6. The summed E-state index contributed by atoms with van der Waals surface area (Å²) in [5, 5.41) is 21.9. The van der Waals surface area contributed by atoms with Gasteiger partial charge in [-0.05, 0) is 132 Å². The van der Waals surface area contributed by atoms with Crippen molar-refractivity contribution < 1.29 is 24.5 Å². The van der Waals surface area contributed by atoms with Gasteiger partial charge in [0.1, 0.15) is 0 Å². The van der Waals surface area contributed by atoms with E-state index in [1.54, 1.807) is 0 Å². The largest absolute Gasteiger partial charge is 0.469 e. The second-order valence-electron chi connectivity index (χ2n) is 15.2. The lowest BCUT2D eigenvalue weighted by molar-refractivity contribution is -0.212. The molecular formula is C31H54O5. The van der Waals surface area contributed by atoms with Gasteiger partial charge in [0.15, 0.2) is 0 Å². The number of aliphatic hydroxyl groups is 2. The third-order valence-electron chi connectivity index (χ3n) is 12.5. The van der Waals surface area contributed by atoms with E-state index in [4.69, 9.17) is 9.47 Å². The molecule has 0 aromatic rings. The molecule has 0 radical (unpaired) electrons.